The first-order chi connectivity index (χ1) is 18.8. The Balaban J connectivity index is 1.17. The van der Waals surface area contributed by atoms with Crippen LogP contribution in [-0.4, -0.2) is 49.5 Å². The van der Waals surface area contributed by atoms with Crippen molar-refractivity contribution in [2.24, 2.45) is 0 Å². The molecule has 11 heteroatoms. The minimum atomic E-state index is -0.506. The molecule has 39 heavy (non-hydrogen) atoms. The number of carbonyl (C=O) groups is 2. The molecule has 10 nitrogen and oxygen atoms in total. The number of nitrogens with zero attached hydrogens (tertiary/aromatic N) is 5. The molecule has 5 rings (SSSR count). The first-order valence-corrected chi connectivity index (χ1v) is 12.8. The van der Waals surface area contributed by atoms with Gasteiger partial charge in [0.1, 0.15) is 11.9 Å². The van der Waals surface area contributed by atoms with E-state index in [1.54, 1.807) is 53.2 Å². The number of amides is 2. The highest BCUT2D eigenvalue weighted by Crippen LogP contribution is 2.30. The number of pyridine rings is 1. The van der Waals surface area contributed by atoms with Gasteiger partial charge in [-0.2, -0.15) is 5.10 Å². The van der Waals surface area contributed by atoms with Crippen LogP contribution in [0.3, 0.4) is 0 Å². The van der Waals surface area contributed by atoms with Crippen LogP contribution in [0.5, 0.6) is 0 Å². The third-order valence-electron chi connectivity index (χ3n) is 6.89. The number of nitro groups is 1. The van der Waals surface area contributed by atoms with E-state index in [1.807, 2.05) is 24.3 Å². The number of piperidine rings is 1. The molecule has 2 aromatic carbocycles. The topological polar surface area (TPSA) is 123 Å². The molecule has 2 amide bonds. The summed E-state index contributed by atoms with van der Waals surface area (Å²) >= 11 is 6.37. The van der Waals surface area contributed by atoms with E-state index in [0.717, 1.165) is 30.3 Å². The maximum Gasteiger partial charge on any atom is 0.290 e. The summed E-state index contributed by atoms with van der Waals surface area (Å²) < 4.78 is 1.67. The van der Waals surface area contributed by atoms with E-state index in [1.165, 1.54) is 6.07 Å². The second-order valence-corrected chi connectivity index (χ2v) is 9.78. The summed E-state index contributed by atoms with van der Waals surface area (Å²) in [6.07, 6.45) is 6.16. The smallest absolute Gasteiger partial charge is 0.290 e. The zero-order valence-corrected chi connectivity index (χ0v) is 21.8. The van der Waals surface area contributed by atoms with Gasteiger partial charge in [0.05, 0.1) is 21.2 Å². The first kappa shape index (κ1) is 26.1. The highest BCUT2D eigenvalue weighted by Gasteiger charge is 2.26. The zero-order chi connectivity index (χ0) is 27.5. The third kappa shape index (κ3) is 5.65. The highest BCUT2D eigenvalue weighted by atomic mass is 35.5. The monoisotopic (exact) mass is 544 g/mol. The van der Waals surface area contributed by atoms with Gasteiger partial charge in [0.25, 0.3) is 17.5 Å². The molecule has 0 saturated carbocycles. The fraction of sp³-hybridized carbons (Fsp3) is 0.214. The number of benzene rings is 2. The van der Waals surface area contributed by atoms with Crippen molar-refractivity contribution in [2.45, 2.75) is 25.7 Å². The van der Waals surface area contributed by atoms with E-state index < -0.39 is 4.92 Å². The Morgan fingerprint density at radius 2 is 1.85 bits per heavy atom. The fourth-order valence-corrected chi connectivity index (χ4v) is 4.98. The Bertz CT molecular complexity index is 1530. The summed E-state index contributed by atoms with van der Waals surface area (Å²) in [5.41, 5.74) is 3.44. The predicted octanol–water partition coefficient (Wildman–Crippen LogP) is 5.41. The molecule has 198 valence electrons. The van der Waals surface area contributed by atoms with Crippen molar-refractivity contribution < 1.29 is 14.5 Å². The molecule has 0 bridgehead atoms. The van der Waals surface area contributed by atoms with E-state index in [0.29, 0.717) is 34.9 Å². The molecule has 4 aromatic rings. The molecule has 0 unspecified atom stereocenters. The van der Waals surface area contributed by atoms with Gasteiger partial charge in [-0.05, 0) is 73.7 Å². The number of hydrogen-bond donors (Lipinski definition) is 1. The maximum atomic E-state index is 12.9. The van der Waals surface area contributed by atoms with Gasteiger partial charge < -0.3 is 10.2 Å². The molecule has 1 saturated heterocycles. The Kier molecular flexibility index (Phi) is 7.38. The molecule has 1 aliphatic rings. The van der Waals surface area contributed by atoms with Crippen LogP contribution in [0.25, 0.3) is 5.69 Å². The summed E-state index contributed by atoms with van der Waals surface area (Å²) in [6, 6.07) is 16.1. The lowest BCUT2D eigenvalue weighted by Gasteiger charge is -2.32. The second kappa shape index (κ2) is 11.0. The molecule has 3 heterocycles. The van der Waals surface area contributed by atoms with Crippen LogP contribution >= 0.6 is 11.6 Å². The van der Waals surface area contributed by atoms with Gasteiger partial charge in [0.2, 0.25) is 0 Å². The van der Waals surface area contributed by atoms with Crippen LogP contribution in [0, 0.1) is 17.0 Å². The third-order valence-corrected chi connectivity index (χ3v) is 7.20. The van der Waals surface area contributed by atoms with E-state index in [-0.39, 0.29) is 29.1 Å². The van der Waals surface area contributed by atoms with Crippen LogP contribution in [0.15, 0.2) is 73.2 Å². The van der Waals surface area contributed by atoms with E-state index in [4.69, 9.17) is 11.6 Å². The molecule has 0 radical (unpaired) electrons. The lowest BCUT2D eigenvalue weighted by Crippen LogP contribution is -2.38. The van der Waals surface area contributed by atoms with Crippen molar-refractivity contribution in [3.05, 3.63) is 111 Å². The normalized spacial score (nSPS) is 13.7. The average molecular weight is 545 g/mol. The van der Waals surface area contributed by atoms with Crippen molar-refractivity contribution in [1.29, 1.82) is 0 Å². The van der Waals surface area contributed by atoms with E-state index >= 15 is 0 Å². The summed E-state index contributed by atoms with van der Waals surface area (Å²) in [5.74, 6) is -0.253. The number of anilines is 1. The van der Waals surface area contributed by atoms with Crippen molar-refractivity contribution in [3.8, 4) is 5.69 Å². The van der Waals surface area contributed by atoms with Gasteiger partial charge >= 0.3 is 0 Å². The number of aromatic nitrogens is 3. The van der Waals surface area contributed by atoms with Gasteiger partial charge in [-0.1, -0.05) is 23.7 Å². The molecule has 2 aromatic heterocycles. The summed E-state index contributed by atoms with van der Waals surface area (Å²) in [5, 5.41) is 18.4. The molecule has 1 fully saturated rings. The molecular formula is C28H25ClN6O4. The summed E-state index contributed by atoms with van der Waals surface area (Å²) in [6.45, 7) is 2.72. The SMILES string of the molecule is Cc1cc(C(=O)N2CCC(c3ccc(NC(=O)c4ccc(-n5cccn5)cc4Cl)cc3)CC2)ncc1[N+](=O)[O-]. The largest absolute Gasteiger partial charge is 0.337 e. The van der Waals surface area contributed by atoms with Crippen molar-refractivity contribution in [2.75, 3.05) is 18.4 Å². The molecule has 0 atom stereocenters. The van der Waals surface area contributed by atoms with Crippen molar-refractivity contribution >= 4 is 34.8 Å². The second-order valence-electron chi connectivity index (χ2n) is 9.37. The number of rotatable bonds is 6. The van der Waals surface area contributed by atoms with Crippen LogP contribution in [0.2, 0.25) is 5.02 Å². The lowest BCUT2D eigenvalue weighted by molar-refractivity contribution is -0.385. The van der Waals surface area contributed by atoms with Gasteiger partial charge in [-0.3, -0.25) is 19.7 Å². The number of nitrogens with one attached hydrogen (secondary N) is 1. The molecule has 0 aliphatic carbocycles. The lowest BCUT2D eigenvalue weighted by atomic mass is 9.89. The Labute approximate surface area is 229 Å². The van der Waals surface area contributed by atoms with E-state index in [9.17, 15) is 19.7 Å². The standard InChI is InChI=1S/C28H25ClN6O4/c1-18-15-25(30-17-26(18)35(38)39)28(37)33-13-9-20(10-14-33)19-3-5-21(6-4-19)32-27(36)23-8-7-22(16-24(23)29)34-12-2-11-31-34/h2-8,11-12,15-17,20H,9-10,13-14H2,1H3,(H,32,36). The summed E-state index contributed by atoms with van der Waals surface area (Å²) in [4.78, 5) is 42.0. The average Bonchev–Trinajstić information content (AvgIpc) is 3.48. The highest BCUT2D eigenvalue weighted by molar-refractivity contribution is 6.34. The van der Waals surface area contributed by atoms with Gasteiger partial charge in [0.15, 0.2) is 0 Å². The Morgan fingerprint density at radius 1 is 1.10 bits per heavy atom. The van der Waals surface area contributed by atoms with Gasteiger partial charge in [-0.25, -0.2) is 9.67 Å². The van der Waals surface area contributed by atoms with Crippen LogP contribution in [0.1, 0.15) is 50.7 Å². The Hall–Kier alpha value is -4.57. The minimum absolute atomic E-state index is 0.101. The van der Waals surface area contributed by atoms with Crippen molar-refractivity contribution in [3.63, 3.8) is 0 Å². The van der Waals surface area contributed by atoms with Gasteiger partial charge in [-0.15, -0.1) is 0 Å². The minimum Gasteiger partial charge on any atom is -0.337 e. The zero-order valence-electron chi connectivity index (χ0n) is 21.1. The number of aryl methyl sites for hydroxylation is 1. The fourth-order valence-electron chi connectivity index (χ4n) is 4.72. The molecule has 0 spiro atoms. The number of halogens is 1. The first-order valence-electron chi connectivity index (χ1n) is 12.4. The maximum absolute atomic E-state index is 12.9. The van der Waals surface area contributed by atoms with Crippen molar-refractivity contribution in [1.82, 2.24) is 19.7 Å². The number of hydrogen-bond acceptors (Lipinski definition) is 6. The Morgan fingerprint density at radius 3 is 2.46 bits per heavy atom. The number of carbonyl (C=O) groups excluding carboxylic acids is 2. The molecular weight excluding hydrogens is 520 g/mol. The molecule has 1 aliphatic heterocycles. The van der Waals surface area contributed by atoms with E-state index in [2.05, 4.69) is 15.4 Å². The number of likely N-dealkylation sites (tertiary alicyclic amines) is 1. The molecule has 1 N–H and O–H groups in total. The van der Waals surface area contributed by atoms with Crippen LogP contribution < -0.4 is 5.32 Å². The van der Waals surface area contributed by atoms with Crippen LogP contribution in [-0.2, 0) is 0 Å². The van der Waals surface area contributed by atoms with Gasteiger partial charge in [0, 0.05) is 36.7 Å². The van der Waals surface area contributed by atoms with Crippen LogP contribution in [0.4, 0.5) is 11.4 Å². The predicted molar refractivity (Wildman–Crippen MR) is 146 cm³/mol. The summed E-state index contributed by atoms with van der Waals surface area (Å²) in [7, 11) is 0. The quantitative estimate of drug-likeness (QED) is 0.256.